The quantitative estimate of drug-likeness (QED) is 0.850. The molecule has 1 heterocycles. The highest BCUT2D eigenvalue weighted by Gasteiger charge is 2.35. The number of hydrogen-bond donors (Lipinski definition) is 1. The number of halogens is 5. The molecule has 0 spiro atoms. The molecule has 112 valence electrons. The SMILES string of the molecule is CN(C(=O)c1ccc(F)c(C(F)(F)F)c1)C1CNC1.Cl. The number of carbonyl (C=O) groups excluding carboxylic acids is 1. The van der Waals surface area contributed by atoms with Crippen LogP contribution in [-0.2, 0) is 6.18 Å². The predicted molar refractivity (Wildman–Crippen MR) is 67.4 cm³/mol. The summed E-state index contributed by atoms with van der Waals surface area (Å²) in [6, 6.07) is 2.26. The van der Waals surface area contributed by atoms with E-state index in [1.165, 1.54) is 11.9 Å². The van der Waals surface area contributed by atoms with Crippen LogP contribution in [-0.4, -0.2) is 37.0 Å². The van der Waals surface area contributed by atoms with Crippen LogP contribution in [0.3, 0.4) is 0 Å². The zero-order valence-corrected chi connectivity index (χ0v) is 11.3. The number of carbonyl (C=O) groups is 1. The van der Waals surface area contributed by atoms with Crippen LogP contribution in [0.4, 0.5) is 17.6 Å². The predicted octanol–water partition coefficient (Wildman–Crippen LogP) is 2.31. The highest BCUT2D eigenvalue weighted by molar-refractivity contribution is 5.94. The molecular weight excluding hydrogens is 300 g/mol. The summed E-state index contributed by atoms with van der Waals surface area (Å²) < 4.78 is 50.8. The first-order valence-corrected chi connectivity index (χ1v) is 5.65. The van der Waals surface area contributed by atoms with Crippen molar-refractivity contribution in [1.29, 1.82) is 0 Å². The number of alkyl halides is 3. The highest BCUT2D eigenvalue weighted by Crippen LogP contribution is 2.32. The Morgan fingerprint density at radius 1 is 1.35 bits per heavy atom. The molecule has 1 saturated heterocycles. The maximum absolute atomic E-state index is 13.1. The summed E-state index contributed by atoms with van der Waals surface area (Å²) in [4.78, 5) is 13.3. The molecule has 1 amide bonds. The molecule has 1 aliphatic heterocycles. The van der Waals surface area contributed by atoms with Gasteiger partial charge in [-0.2, -0.15) is 13.2 Å². The van der Waals surface area contributed by atoms with Gasteiger partial charge in [0, 0.05) is 25.7 Å². The fourth-order valence-electron chi connectivity index (χ4n) is 1.79. The van der Waals surface area contributed by atoms with Crippen molar-refractivity contribution < 1.29 is 22.4 Å². The smallest absolute Gasteiger partial charge is 0.336 e. The van der Waals surface area contributed by atoms with E-state index in [4.69, 9.17) is 0 Å². The third kappa shape index (κ3) is 3.21. The topological polar surface area (TPSA) is 32.3 Å². The van der Waals surface area contributed by atoms with E-state index in [1.54, 1.807) is 0 Å². The molecule has 20 heavy (non-hydrogen) atoms. The largest absolute Gasteiger partial charge is 0.419 e. The first-order chi connectivity index (χ1) is 8.80. The third-order valence-corrected chi connectivity index (χ3v) is 3.15. The average Bonchev–Trinajstić information content (AvgIpc) is 2.24. The van der Waals surface area contributed by atoms with Crippen molar-refractivity contribution in [3.8, 4) is 0 Å². The number of nitrogens with one attached hydrogen (secondary N) is 1. The lowest BCUT2D eigenvalue weighted by atomic mass is 10.1. The Kier molecular flexibility index (Phi) is 4.99. The third-order valence-electron chi connectivity index (χ3n) is 3.15. The number of benzene rings is 1. The minimum atomic E-state index is -4.81. The average molecular weight is 313 g/mol. The highest BCUT2D eigenvalue weighted by atomic mass is 35.5. The van der Waals surface area contributed by atoms with Crippen molar-refractivity contribution in [3.05, 3.63) is 35.1 Å². The van der Waals surface area contributed by atoms with Gasteiger partial charge in [-0.05, 0) is 18.2 Å². The summed E-state index contributed by atoms with van der Waals surface area (Å²) in [5.41, 5.74) is -1.58. The van der Waals surface area contributed by atoms with Crippen LogP contribution in [0, 0.1) is 5.82 Å². The molecule has 0 aliphatic carbocycles. The molecule has 0 unspecified atom stereocenters. The van der Waals surface area contributed by atoms with Crippen LogP contribution >= 0.6 is 12.4 Å². The second-order valence-electron chi connectivity index (χ2n) is 4.42. The van der Waals surface area contributed by atoms with Crippen molar-refractivity contribution in [2.45, 2.75) is 12.2 Å². The monoisotopic (exact) mass is 312 g/mol. The molecule has 1 aromatic rings. The molecule has 8 heteroatoms. The zero-order valence-electron chi connectivity index (χ0n) is 10.5. The van der Waals surface area contributed by atoms with Gasteiger partial charge in [-0.1, -0.05) is 0 Å². The Bertz CT molecular complexity index is 503. The van der Waals surface area contributed by atoms with E-state index >= 15 is 0 Å². The van der Waals surface area contributed by atoms with E-state index in [-0.39, 0.29) is 24.0 Å². The van der Waals surface area contributed by atoms with Crippen LogP contribution < -0.4 is 5.32 Å². The summed E-state index contributed by atoms with van der Waals surface area (Å²) in [6.07, 6.45) is -4.81. The molecule has 0 radical (unpaired) electrons. The number of rotatable bonds is 2. The molecular formula is C12H13ClF4N2O. The lowest BCUT2D eigenvalue weighted by Crippen LogP contribution is -2.57. The van der Waals surface area contributed by atoms with Gasteiger partial charge in [0.15, 0.2) is 0 Å². The summed E-state index contributed by atoms with van der Waals surface area (Å²) in [5.74, 6) is -1.92. The molecule has 1 aromatic carbocycles. The molecule has 0 saturated carbocycles. The summed E-state index contributed by atoms with van der Waals surface area (Å²) in [7, 11) is 1.52. The first kappa shape index (κ1) is 16.7. The minimum absolute atomic E-state index is 0. The molecule has 0 aromatic heterocycles. The molecule has 0 bridgehead atoms. The lowest BCUT2D eigenvalue weighted by Gasteiger charge is -2.35. The van der Waals surface area contributed by atoms with Crippen LogP contribution in [0.5, 0.6) is 0 Å². The van der Waals surface area contributed by atoms with E-state index in [2.05, 4.69) is 5.32 Å². The van der Waals surface area contributed by atoms with Gasteiger partial charge in [-0.3, -0.25) is 4.79 Å². The van der Waals surface area contributed by atoms with Crippen LogP contribution in [0.2, 0.25) is 0 Å². The normalized spacial score (nSPS) is 15.2. The second kappa shape index (κ2) is 5.97. The van der Waals surface area contributed by atoms with Crippen LogP contribution in [0.15, 0.2) is 18.2 Å². The van der Waals surface area contributed by atoms with Gasteiger partial charge in [-0.15, -0.1) is 12.4 Å². The number of nitrogens with zero attached hydrogens (tertiary/aromatic N) is 1. The Hall–Kier alpha value is -1.34. The maximum atomic E-state index is 13.1. The Balaban J connectivity index is 0.00000200. The van der Waals surface area contributed by atoms with E-state index < -0.39 is 23.5 Å². The Morgan fingerprint density at radius 3 is 2.40 bits per heavy atom. The minimum Gasteiger partial charge on any atom is -0.336 e. The number of hydrogen-bond acceptors (Lipinski definition) is 2. The van der Waals surface area contributed by atoms with Crippen LogP contribution in [0.25, 0.3) is 0 Å². The van der Waals surface area contributed by atoms with Gasteiger partial charge in [0.25, 0.3) is 5.91 Å². The zero-order chi connectivity index (χ0) is 14.2. The van der Waals surface area contributed by atoms with Crippen molar-refractivity contribution in [2.24, 2.45) is 0 Å². The molecule has 1 N–H and O–H groups in total. The van der Waals surface area contributed by atoms with Gasteiger partial charge >= 0.3 is 6.18 Å². The lowest BCUT2D eigenvalue weighted by molar-refractivity contribution is -0.140. The fraction of sp³-hybridized carbons (Fsp3) is 0.417. The Labute approximate surface area is 119 Å². The van der Waals surface area contributed by atoms with E-state index in [0.29, 0.717) is 25.2 Å². The van der Waals surface area contributed by atoms with Gasteiger partial charge in [0.2, 0.25) is 0 Å². The van der Waals surface area contributed by atoms with Crippen molar-refractivity contribution in [2.75, 3.05) is 20.1 Å². The van der Waals surface area contributed by atoms with Gasteiger partial charge < -0.3 is 10.2 Å². The van der Waals surface area contributed by atoms with Crippen LogP contribution in [0.1, 0.15) is 15.9 Å². The molecule has 1 fully saturated rings. The van der Waals surface area contributed by atoms with E-state index in [0.717, 1.165) is 6.07 Å². The van der Waals surface area contributed by atoms with E-state index in [9.17, 15) is 22.4 Å². The molecule has 2 rings (SSSR count). The first-order valence-electron chi connectivity index (χ1n) is 5.65. The number of amides is 1. The van der Waals surface area contributed by atoms with Crippen molar-refractivity contribution in [3.63, 3.8) is 0 Å². The summed E-state index contributed by atoms with van der Waals surface area (Å²) >= 11 is 0. The van der Waals surface area contributed by atoms with Crippen molar-refractivity contribution >= 4 is 18.3 Å². The van der Waals surface area contributed by atoms with Gasteiger partial charge in [-0.25, -0.2) is 4.39 Å². The summed E-state index contributed by atoms with van der Waals surface area (Å²) in [5, 5.41) is 2.96. The molecule has 0 atom stereocenters. The maximum Gasteiger partial charge on any atom is 0.419 e. The fourth-order valence-corrected chi connectivity index (χ4v) is 1.79. The standard InChI is InChI=1S/C12H12F4N2O.ClH/c1-18(8-5-17-6-8)11(19)7-2-3-10(13)9(4-7)12(14,15)16;/h2-4,8,17H,5-6H2,1H3;1H. The summed E-state index contributed by atoms with van der Waals surface area (Å²) in [6.45, 7) is 1.21. The van der Waals surface area contributed by atoms with E-state index in [1.807, 2.05) is 0 Å². The Morgan fingerprint density at radius 2 is 1.95 bits per heavy atom. The molecule has 3 nitrogen and oxygen atoms in total. The van der Waals surface area contributed by atoms with Gasteiger partial charge in [0.05, 0.1) is 11.6 Å². The van der Waals surface area contributed by atoms with Gasteiger partial charge in [0.1, 0.15) is 5.82 Å². The van der Waals surface area contributed by atoms with Crippen molar-refractivity contribution in [1.82, 2.24) is 10.2 Å². The number of likely N-dealkylation sites (N-methyl/N-ethyl adjacent to an activating group) is 1. The second-order valence-corrected chi connectivity index (χ2v) is 4.42. The molecule has 1 aliphatic rings.